The molecule has 1 heterocycles. The Morgan fingerprint density at radius 2 is 2.06 bits per heavy atom. The molecule has 0 bridgehead atoms. The van der Waals surface area contributed by atoms with Crippen LogP contribution in [0.4, 0.5) is 17.6 Å². The lowest BCUT2D eigenvalue weighted by Crippen LogP contribution is -2.31. The van der Waals surface area contributed by atoms with Crippen LogP contribution in [0.3, 0.4) is 0 Å². The van der Waals surface area contributed by atoms with Gasteiger partial charge in [-0.25, -0.2) is 4.39 Å². The zero-order chi connectivity index (χ0) is 13.3. The van der Waals surface area contributed by atoms with E-state index in [2.05, 4.69) is 5.32 Å². The molecule has 0 radical (unpaired) electrons. The summed E-state index contributed by atoms with van der Waals surface area (Å²) >= 11 is 0. The molecule has 18 heavy (non-hydrogen) atoms. The number of alkyl halides is 3. The van der Waals surface area contributed by atoms with Crippen molar-refractivity contribution >= 4 is 5.78 Å². The van der Waals surface area contributed by atoms with E-state index >= 15 is 0 Å². The summed E-state index contributed by atoms with van der Waals surface area (Å²) in [5, 5.41) is 2.90. The number of halogens is 4. The molecule has 2 nitrogen and oxygen atoms in total. The molecule has 1 unspecified atom stereocenters. The van der Waals surface area contributed by atoms with Crippen LogP contribution in [0.25, 0.3) is 0 Å². The molecule has 1 atom stereocenters. The quantitative estimate of drug-likeness (QED) is 0.655. The van der Waals surface area contributed by atoms with Gasteiger partial charge in [-0.1, -0.05) is 0 Å². The minimum Gasteiger partial charge on any atom is -0.307 e. The van der Waals surface area contributed by atoms with E-state index in [1.807, 2.05) is 0 Å². The normalized spacial score (nSPS) is 20.1. The van der Waals surface area contributed by atoms with E-state index in [-0.39, 0.29) is 5.56 Å². The van der Waals surface area contributed by atoms with Crippen LogP contribution in [0, 0.1) is 5.82 Å². The molecule has 1 saturated heterocycles. The van der Waals surface area contributed by atoms with Crippen LogP contribution in [0.2, 0.25) is 0 Å². The molecule has 1 N–H and O–H groups in total. The molecule has 2 rings (SSSR count). The lowest BCUT2D eigenvalue weighted by Gasteiger charge is -2.12. The Bertz CT molecular complexity index is 464. The minimum absolute atomic E-state index is 0.108. The molecule has 1 aromatic carbocycles. The van der Waals surface area contributed by atoms with Gasteiger partial charge in [-0.05, 0) is 37.6 Å². The standard InChI is InChI=1S/C12H11F4NO/c13-9-4-3-7(6-8(9)12(14,15)16)11(18)10-2-1-5-17-10/h3-4,6,10,17H,1-2,5H2. The third kappa shape index (κ3) is 2.53. The Kier molecular flexibility index (Phi) is 3.38. The number of hydrogen-bond acceptors (Lipinski definition) is 2. The summed E-state index contributed by atoms with van der Waals surface area (Å²) in [5.41, 5.74) is -1.51. The van der Waals surface area contributed by atoms with Gasteiger partial charge in [-0.3, -0.25) is 4.79 Å². The number of Topliss-reactive ketones (excluding diaryl/α,β-unsaturated/α-hetero) is 1. The molecule has 0 saturated carbocycles. The van der Waals surface area contributed by atoms with Crippen molar-refractivity contribution in [3.8, 4) is 0 Å². The zero-order valence-electron chi connectivity index (χ0n) is 9.35. The average Bonchev–Trinajstić information content (AvgIpc) is 2.80. The van der Waals surface area contributed by atoms with E-state index in [0.717, 1.165) is 12.5 Å². The van der Waals surface area contributed by atoms with E-state index in [4.69, 9.17) is 0 Å². The first kappa shape index (κ1) is 13.0. The number of rotatable bonds is 2. The topological polar surface area (TPSA) is 29.1 Å². The maximum absolute atomic E-state index is 13.1. The van der Waals surface area contributed by atoms with Gasteiger partial charge < -0.3 is 5.32 Å². The summed E-state index contributed by atoms with van der Waals surface area (Å²) in [7, 11) is 0. The fourth-order valence-electron chi connectivity index (χ4n) is 2.01. The second kappa shape index (κ2) is 4.68. The molecular weight excluding hydrogens is 250 g/mol. The molecule has 0 amide bonds. The molecule has 98 valence electrons. The summed E-state index contributed by atoms with van der Waals surface area (Å²) in [6.07, 6.45) is -3.38. The molecule has 1 aromatic rings. The molecule has 1 aliphatic heterocycles. The largest absolute Gasteiger partial charge is 0.419 e. The Labute approximate surface area is 101 Å². The maximum atomic E-state index is 13.1. The Morgan fingerprint density at radius 3 is 2.61 bits per heavy atom. The van der Waals surface area contributed by atoms with Crippen molar-refractivity contribution in [2.24, 2.45) is 0 Å². The summed E-state index contributed by atoms with van der Waals surface area (Å²) in [4.78, 5) is 11.9. The lowest BCUT2D eigenvalue weighted by atomic mass is 10.0. The smallest absolute Gasteiger partial charge is 0.307 e. The van der Waals surface area contributed by atoms with Crippen LogP contribution in [0.1, 0.15) is 28.8 Å². The third-order valence-electron chi connectivity index (χ3n) is 2.93. The summed E-state index contributed by atoms with van der Waals surface area (Å²) in [6, 6.07) is 1.90. The van der Waals surface area contributed by atoms with Crippen molar-refractivity contribution < 1.29 is 22.4 Å². The predicted octanol–water partition coefficient (Wildman–Crippen LogP) is 2.78. The second-order valence-electron chi connectivity index (χ2n) is 4.21. The van der Waals surface area contributed by atoms with Gasteiger partial charge >= 0.3 is 6.18 Å². The fraction of sp³-hybridized carbons (Fsp3) is 0.417. The Morgan fingerprint density at radius 1 is 1.33 bits per heavy atom. The lowest BCUT2D eigenvalue weighted by molar-refractivity contribution is -0.140. The van der Waals surface area contributed by atoms with E-state index in [1.54, 1.807) is 0 Å². The van der Waals surface area contributed by atoms with Gasteiger partial charge in [0.15, 0.2) is 5.78 Å². The van der Waals surface area contributed by atoms with Gasteiger partial charge in [0, 0.05) is 5.56 Å². The molecule has 0 aliphatic carbocycles. The second-order valence-corrected chi connectivity index (χ2v) is 4.21. The molecule has 6 heteroatoms. The first-order valence-electron chi connectivity index (χ1n) is 5.54. The highest BCUT2D eigenvalue weighted by Crippen LogP contribution is 2.32. The number of hydrogen-bond donors (Lipinski definition) is 1. The average molecular weight is 261 g/mol. The maximum Gasteiger partial charge on any atom is 0.419 e. The zero-order valence-corrected chi connectivity index (χ0v) is 9.35. The Balaban J connectivity index is 2.32. The van der Waals surface area contributed by atoms with E-state index in [0.29, 0.717) is 25.1 Å². The number of carbonyl (C=O) groups is 1. The molecule has 0 aromatic heterocycles. The van der Waals surface area contributed by atoms with Gasteiger partial charge in [0.1, 0.15) is 5.82 Å². The van der Waals surface area contributed by atoms with Crippen molar-refractivity contribution in [2.75, 3.05) is 6.54 Å². The highest BCUT2D eigenvalue weighted by molar-refractivity contribution is 6.00. The number of nitrogens with one attached hydrogen (secondary N) is 1. The Hall–Kier alpha value is -1.43. The van der Waals surface area contributed by atoms with Crippen molar-refractivity contribution in [2.45, 2.75) is 25.1 Å². The molecule has 1 aliphatic rings. The first-order chi connectivity index (χ1) is 8.39. The number of ketones is 1. The van der Waals surface area contributed by atoms with Gasteiger partial charge in [-0.2, -0.15) is 13.2 Å². The third-order valence-corrected chi connectivity index (χ3v) is 2.93. The molecular formula is C12H11F4NO. The molecule has 1 fully saturated rings. The summed E-state index contributed by atoms with van der Waals surface area (Å²) in [6.45, 7) is 0.670. The van der Waals surface area contributed by atoms with E-state index < -0.39 is 29.4 Å². The SMILES string of the molecule is O=C(c1ccc(F)c(C(F)(F)F)c1)C1CCCN1. The summed E-state index contributed by atoms with van der Waals surface area (Å²) < 4.78 is 50.6. The monoisotopic (exact) mass is 261 g/mol. The predicted molar refractivity (Wildman–Crippen MR) is 56.8 cm³/mol. The van der Waals surface area contributed by atoms with Crippen LogP contribution >= 0.6 is 0 Å². The van der Waals surface area contributed by atoms with Crippen LogP contribution in [-0.2, 0) is 6.18 Å². The van der Waals surface area contributed by atoms with Crippen molar-refractivity contribution in [3.05, 3.63) is 35.1 Å². The van der Waals surface area contributed by atoms with Gasteiger partial charge in [-0.15, -0.1) is 0 Å². The van der Waals surface area contributed by atoms with Crippen molar-refractivity contribution in [1.29, 1.82) is 0 Å². The van der Waals surface area contributed by atoms with Gasteiger partial charge in [0.2, 0.25) is 0 Å². The summed E-state index contributed by atoms with van der Waals surface area (Å²) in [5.74, 6) is -1.78. The van der Waals surface area contributed by atoms with Crippen LogP contribution in [0.15, 0.2) is 18.2 Å². The van der Waals surface area contributed by atoms with Crippen LogP contribution in [0.5, 0.6) is 0 Å². The van der Waals surface area contributed by atoms with E-state index in [1.165, 1.54) is 0 Å². The molecule has 0 spiro atoms. The minimum atomic E-state index is -4.79. The fourth-order valence-corrected chi connectivity index (χ4v) is 2.01. The highest BCUT2D eigenvalue weighted by Gasteiger charge is 2.35. The van der Waals surface area contributed by atoms with Crippen molar-refractivity contribution in [1.82, 2.24) is 5.32 Å². The first-order valence-corrected chi connectivity index (χ1v) is 5.54. The van der Waals surface area contributed by atoms with Gasteiger partial charge in [0.25, 0.3) is 0 Å². The van der Waals surface area contributed by atoms with Crippen LogP contribution < -0.4 is 5.32 Å². The van der Waals surface area contributed by atoms with Gasteiger partial charge in [0.05, 0.1) is 11.6 Å². The van der Waals surface area contributed by atoms with E-state index in [9.17, 15) is 22.4 Å². The highest BCUT2D eigenvalue weighted by atomic mass is 19.4. The van der Waals surface area contributed by atoms with Crippen molar-refractivity contribution in [3.63, 3.8) is 0 Å². The van der Waals surface area contributed by atoms with Crippen LogP contribution in [-0.4, -0.2) is 18.4 Å². The number of carbonyl (C=O) groups excluding carboxylic acids is 1. The number of benzene rings is 1.